The number of primary amides is 1. The van der Waals surface area contributed by atoms with Crippen LogP contribution < -0.4 is 11.5 Å². The van der Waals surface area contributed by atoms with Gasteiger partial charge in [0.2, 0.25) is 5.91 Å². The second kappa shape index (κ2) is 4.37. The number of fused-ring (bicyclic) bond motifs is 2. The minimum absolute atomic E-state index is 0.112. The predicted molar refractivity (Wildman–Crippen MR) is 70.9 cm³/mol. The number of nitrogens with two attached hydrogens (primary N) is 2. The van der Waals surface area contributed by atoms with E-state index >= 15 is 0 Å². The molecular weight excluding hydrogens is 276 g/mol. The molecule has 2 aromatic rings. The molecule has 0 radical (unpaired) electrons. The van der Waals surface area contributed by atoms with E-state index in [1.807, 2.05) is 4.57 Å². The first-order valence-electron chi connectivity index (χ1n) is 6.62. The molecule has 9 heteroatoms. The van der Waals surface area contributed by atoms with Gasteiger partial charge in [0.1, 0.15) is 17.9 Å². The van der Waals surface area contributed by atoms with E-state index in [4.69, 9.17) is 20.9 Å². The number of nitrogens with zero attached hydrogens (tertiary/aromatic N) is 4. The van der Waals surface area contributed by atoms with Gasteiger partial charge in [-0.1, -0.05) is 0 Å². The largest absolute Gasteiger partial charge is 0.382 e. The molecule has 4 atom stereocenters. The van der Waals surface area contributed by atoms with Gasteiger partial charge in [-0.05, 0) is 0 Å². The molecule has 2 aliphatic heterocycles. The Kier molecular flexibility index (Phi) is 2.59. The summed E-state index contributed by atoms with van der Waals surface area (Å²) in [5.41, 5.74) is 12.3. The van der Waals surface area contributed by atoms with Crippen LogP contribution in [0.25, 0.3) is 11.2 Å². The highest BCUT2D eigenvalue weighted by Gasteiger charge is 2.50. The number of carbonyl (C=O) groups excluding carboxylic acids is 1. The zero-order chi connectivity index (χ0) is 14.6. The molecule has 4 rings (SSSR count). The van der Waals surface area contributed by atoms with Crippen LogP contribution in [0.1, 0.15) is 6.04 Å². The van der Waals surface area contributed by atoms with Crippen molar-refractivity contribution in [3.8, 4) is 0 Å². The molecular formula is C12H14N6O3. The van der Waals surface area contributed by atoms with Gasteiger partial charge < -0.3 is 25.5 Å². The summed E-state index contributed by atoms with van der Waals surface area (Å²) in [6.07, 6.45) is 2.48. The second-order valence-electron chi connectivity index (χ2n) is 5.26. The third kappa shape index (κ3) is 1.71. The Balaban J connectivity index is 1.71. The number of hydrogen-bond donors (Lipinski definition) is 2. The maximum atomic E-state index is 11.4. The molecule has 0 aliphatic carbocycles. The molecule has 110 valence electrons. The minimum Gasteiger partial charge on any atom is -0.382 e. The molecule has 4 N–H and O–H groups in total. The van der Waals surface area contributed by atoms with Crippen LogP contribution in [0, 0.1) is 5.92 Å². The number of amides is 1. The Bertz CT molecular complexity index is 716. The summed E-state index contributed by atoms with van der Waals surface area (Å²) in [5.74, 6) is -0.476. The molecule has 2 saturated heterocycles. The van der Waals surface area contributed by atoms with Gasteiger partial charge in [-0.25, -0.2) is 15.0 Å². The number of imidazole rings is 1. The number of hydrogen-bond acceptors (Lipinski definition) is 7. The lowest BCUT2D eigenvalue weighted by molar-refractivity contribution is -0.124. The van der Waals surface area contributed by atoms with Gasteiger partial charge in [0.05, 0.1) is 37.6 Å². The lowest BCUT2D eigenvalue weighted by Crippen LogP contribution is -2.35. The van der Waals surface area contributed by atoms with E-state index < -0.39 is 11.8 Å². The zero-order valence-corrected chi connectivity index (χ0v) is 11.0. The first-order valence-corrected chi connectivity index (χ1v) is 6.62. The maximum absolute atomic E-state index is 11.4. The highest BCUT2D eigenvalue weighted by molar-refractivity contribution is 5.81. The van der Waals surface area contributed by atoms with E-state index in [1.54, 1.807) is 6.33 Å². The van der Waals surface area contributed by atoms with Gasteiger partial charge >= 0.3 is 0 Å². The van der Waals surface area contributed by atoms with Gasteiger partial charge in [-0.3, -0.25) is 4.79 Å². The first kappa shape index (κ1) is 12.5. The predicted octanol–water partition coefficient (Wildman–Crippen LogP) is -1.15. The van der Waals surface area contributed by atoms with Crippen molar-refractivity contribution >= 4 is 22.9 Å². The third-order valence-corrected chi connectivity index (χ3v) is 4.14. The molecule has 2 fully saturated rings. The van der Waals surface area contributed by atoms with Crippen LogP contribution in [0.3, 0.4) is 0 Å². The van der Waals surface area contributed by atoms with Crippen molar-refractivity contribution in [3.05, 3.63) is 12.7 Å². The number of carbonyl (C=O) groups is 1. The van der Waals surface area contributed by atoms with Crippen molar-refractivity contribution in [2.75, 3.05) is 18.9 Å². The summed E-state index contributed by atoms with van der Waals surface area (Å²) in [6, 6.07) is -0.112. The SMILES string of the molecule is NC(=O)[C@H]1COC2C1OC[C@H]2n1cnc2c(N)ncnc21. The summed E-state index contributed by atoms with van der Waals surface area (Å²) < 4.78 is 13.3. The highest BCUT2D eigenvalue weighted by atomic mass is 16.6. The van der Waals surface area contributed by atoms with Gasteiger partial charge in [-0.2, -0.15) is 0 Å². The van der Waals surface area contributed by atoms with Gasteiger partial charge in [0.25, 0.3) is 0 Å². The van der Waals surface area contributed by atoms with E-state index in [1.165, 1.54) is 6.33 Å². The lowest BCUT2D eigenvalue weighted by Gasteiger charge is -2.17. The van der Waals surface area contributed by atoms with Crippen LogP contribution in [0.4, 0.5) is 5.82 Å². The maximum Gasteiger partial charge on any atom is 0.225 e. The fraction of sp³-hybridized carbons (Fsp3) is 0.500. The van der Waals surface area contributed by atoms with Crippen LogP contribution in [-0.4, -0.2) is 50.8 Å². The summed E-state index contributed by atoms with van der Waals surface area (Å²) in [6.45, 7) is 0.694. The third-order valence-electron chi connectivity index (χ3n) is 4.14. The average Bonchev–Trinajstić information content (AvgIpc) is 3.11. The van der Waals surface area contributed by atoms with Crippen molar-refractivity contribution in [1.29, 1.82) is 0 Å². The van der Waals surface area contributed by atoms with E-state index in [0.717, 1.165) is 0 Å². The van der Waals surface area contributed by atoms with Crippen molar-refractivity contribution in [2.45, 2.75) is 18.2 Å². The highest BCUT2D eigenvalue weighted by Crippen LogP contribution is 2.38. The Hall–Kier alpha value is -2.26. The fourth-order valence-electron chi connectivity index (χ4n) is 3.07. The summed E-state index contributed by atoms with van der Waals surface area (Å²) in [5, 5.41) is 0. The second-order valence-corrected chi connectivity index (χ2v) is 5.26. The minimum atomic E-state index is -0.408. The topological polar surface area (TPSA) is 131 Å². The van der Waals surface area contributed by atoms with Crippen molar-refractivity contribution in [2.24, 2.45) is 11.7 Å². The van der Waals surface area contributed by atoms with E-state index in [-0.39, 0.29) is 24.9 Å². The molecule has 2 aromatic heterocycles. The van der Waals surface area contributed by atoms with Crippen molar-refractivity contribution < 1.29 is 14.3 Å². The number of ether oxygens (including phenoxy) is 2. The number of nitrogen functional groups attached to an aromatic ring is 1. The van der Waals surface area contributed by atoms with Crippen LogP contribution in [0.2, 0.25) is 0 Å². The van der Waals surface area contributed by atoms with E-state index in [9.17, 15) is 4.79 Å². The zero-order valence-electron chi connectivity index (χ0n) is 11.0. The molecule has 0 aromatic carbocycles. The van der Waals surface area contributed by atoms with Gasteiger partial charge in [-0.15, -0.1) is 0 Å². The van der Waals surface area contributed by atoms with E-state index in [2.05, 4.69) is 15.0 Å². The molecule has 21 heavy (non-hydrogen) atoms. The molecule has 0 spiro atoms. The van der Waals surface area contributed by atoms with Gasteiger partial charge in [0.15, 0.2) is 11.5 Å². The Labute approximate surface area is 119 Å². The Morgan fingerprint density at radius 1 is 1.24 bits per heavy atom. The van der Waals surface area contributed by atoms with Crippen molar-refractivity contribution in [3.63, 3.8) is 0 Å². The number of anilines is 1. The standard InChI is InChI=1S/C12H14N6O3/c13-10-7-12(16-3-15-10)18(4-17-7)6-2-21-8-5(11(14)19)1-20-9(6)8/h3-6,8-9H,1-2H2,(H2,14,19)(H2,13,15,16)/t5-,6+,8?,9?/m0/s1. The Morgan fingerprint density at radius 3 is 2.86 bits per heavy atom. The summed E-state index contributed by atoms with van der Waals surface area (Å²) in [4.78, 5) is 23.8. The van der Waals surface area contributed by atoms with Crippen LogP contribution >= 0.6 is 0 Å². The van der Waals surface area contributed by atoms with Crippen molar-refractivity contribution in [1.82, 2.24) is 19.5 Å². The van der Waals surface area contributed by atoms with Crippen LogP contribution in [-0.2, 0) is 14.3 Å². The van der Waals surface area contributed by atoms with E-state index in [0.29, 0.717) is 23.6 Å². The molecule has 1 amide bonds. The van der Waals surface area contributed by atoms with Gasteiger partial charge in [0, 0.05) is 0 Å². The molecule has 2 unspecified atom stereocenters. The van der Waals surface area contributed by atoms with Crippen LogP contribution in [0.15, 0.2) is 12.7 Å². The smallest absolute Gasteiger partial charge is 0.225 e. The Morgan fingerprint density at radius 2 is 2.05 bits per heavy atom. The molecule has 9 nitrogen and oxygen atoms in total. The fourth-order valence-corrected chi connectivity index (χ4v) is 3.07. The molecule has 0 bridgehead atoms. The average molecular weight is 290 g/mol. The quantitative estimate of drug-likeness (QED) is 0.713. The lowest BCUT2D eigenvalue weighted by atomic mass is 10.00. The molecule has 0 saturated carbocycles. The summed E-state index contributed by atoms with van der Waals surface area (Å²) in [7, 11) is 0. The molecule has 2 aliphatic rings. The number of rotatable bonds is 2. The normalized spacial score (nSPS) is 31.6. The number of aromatic nitrogens is 4. The first-order chi connectivity index (χ1) is 10.2. The molecule has 4 heterocycles. The van der Waals surface area contributed by atoms with Crippen LogP contribution in [0.5, 0.6) is 0 Å². The summed E-state index contributed by atoms with van der Waals surface area (Å²) >= 11 is 0. The monoisotopic (exact) mass is 290 g/mol.